The van der Waals surface area contributed by atoms with Crippen molar-refractivity contribution in [3.63, 3.8) is 0 Å². The van der Waals surface area contributed by atoms with Crippen LogP contribution in [0.2, 0.25) is 0 Å². The molecule has 105 heavy (non-hydrogen) atoms. The summed E-state index contributed by atoms with van der Waals surface area (Å²) >= 11 is 0. The van der Waals surface area contributed by atoms with Crippen molar-refractivity contribution in [2.45, 2.75) is 87.5 Å². The van der Waals surface area contributed by atoms with Gasteiger partial charge in [0.15, 0.2) is 46.7 Å². The summed E-state index contributed by atoms with van der Waals surface area (Å²) in [5, 5.41) is 74.2. The molecule has 8 aromatic rings. The zero-order valence-electron chi connectivity index (χ0n) is 61.7. The lowest BCUT2D eigenvalue weighted by Gasteiger charge is -2.15. The molecule has 558 valence electrons. The second-order valence-electron chi connectivity index (χ2n) is 24.7. The standard InChI is InChI=1S/C23H33N5O2.C20H26N4O2.C19H24N4O2.C18H22N4O2/c1-18-6-10-20(11-7-18)22(26-29)24-14-4-16-28(3)17-5-15-25-23(27-30)21-12-8-19(2)9-13-21;1-15-5-9-17(10-6-15)19(23-25)21-13-3-4-14-22-20(24-26)18-11-7-16(2)8-12-18;1-14-4-8-16(9-5-14)18(22-24)20-12-3-13-21-19(23-25)17-10-6-15(2)7-11-17;1-13-3-7-15(8-4-13)17(21-23)19-11-12-20-18(22-24)16-9-5-14(2)6-10-16/h6-13,29-30H,4-5,14-17H2,1-3H3,(H,24,26)(H,25,27);5-12,25-26H,3-4,13-14H2,1-2H3,(H,21,23)(H,22,24);4-11,24-25H,3,12-13H2,1-2H3,(H,20,22)(H,21,23);3-10,23-24H,11-12H2,1-2H3,(H,19,21)(H,20,22). The highest BCUT2D eigenvalue weighted by atomic mass is 16.5. The molecule has 0 unspecified atom stereocenters. The first-order valence-corrected chi connectivity index (χ1v) is 34.8. The van der Waals surface area contributed by atoms with Crippen LogP contribution in [-0.2, 0) is 0 Å². The van der Waals surface area contributed by atoms with Gasteiger partial charge in [-0.1, -0.05) is 239 Å². The topological polar surface area (TPSA) is 360 Å². The maximum absolute atomic E-state index is 9.34. The van der Waals surface area contributed by atoms with Gasteiger partial charge in [-0.3, -0.25) is 125 Å². The van der Waals surface area contributed by atoms with Gasteiger partial charge in [0, 0.05) is 83.8 Å². The van der Waals surface area contributed by atoms with E-state index in [1.165, 1.54) is 11.1 Å². The summed E-state index contributed by atoms with van der Waals surface area (Å²) < 4.78 is 0. The number of unbranched alkanes of at least 4 members (excludes halogenated alkanes) is 1. The first-order valence-electron chi connectivity index (χ1n) is 34.8. The van der Waals surface area contributed by atoms with Crippen molar-refractivity contribution in [3.05, 3.63) is 283 Å². The monoisotopic (exact) mass is 1430 g/mol. The highest BCUT2D eigenvalue weighted by molar-refractivity contribution is 6.01. The number of amidine groups is 8. The van der Waals surface area contributed by atoms with Crippen LogP contribution in [0, 0.1) is 55.4 Å². The Morgan fingerprint density at radius 1 is 0.210 bits per heavy atom. The van der Waals surface area contributed by atoms with Crippen LogP contribution in [0.25, 0.3) is 0 Å². The van der Waals surface area contributed by atoms with Gasteiger partial charge in [-0.25, -0.2) is 0 Å². The van der Waals surface area contributed by atoms with Gasteiger partial charge in [0.25, 0.3) is 0 Å². The lowest BCUT2D eigenvalue weighted by Crippen LogP contribution is -2.24. The summed E-state index contributed by atoms with van der Waals surface area (Å²) in [5.74, 6) is 3.56. The first-order chi connectivity index (χ1) is 50.9. The molecule has 0 aliphatic rings. The van der Waals surface area contributed by atoms with E-state index < -0.39 is 0 Å². The van der Waals surface area contributed by atoms with E-state index in [9.17, 15) is 41.7 Å². The third-order valence-corrected chi connectivity index (χ3v) is 16.0. The maximum Gasteiger partial charge on any atom is 0.152 e. The number of nitrogens with zero attached hydrogens (tertiary/aromatic N) is 9. The Balaban J connectivity index is 0.000000252. The molecule has 0 bridgehead atoms. The number of aliphatic imine (C=N–C) groups is 8. The molecule has 25 heteroatoms. The van der Waals surface area contributed by atoms with Gasteiger partial charge in [-0.2, -0.15) is 0 Å². The highest BCUT2D eigenvalue weighted by Gasteiger charge is 2.09. The van der Waals surface area contributed by atoms with Crippen LogP contribution in [0.1, 0.15) is 121 Å². The lowest BCUT2D eigenvalue weighted by molar-refractivity contribution is 0.234. The summed E-state index contributed by atoms with van der Waals surface area (Å²) in [6, 6.07) is 62.1. The van der Waals surface area contributed by atoms with Crippen LogP contribution in [0.15, 0.2) is 234 Å². The van der Waals surface area contributed by atoms with E-state index in [0.717, 1.165) is 117 Å². The molecule has 0 spiro atoms. The van der Waals surface area contributed by atoms with Crippen molar-refractivity contribution in [2.24, 2.45) is 39.9 Å². The molecule has 0 saturated heterocycles. The molecule has 0 atom stereocenters. The number of hydrogen-bond donors (Lipinski definition) is 16. The van der Waals surface area contributed by atoms with Crippen molar-refractivity contribution in [2.75, 3.05) is 72.5 Å². The second-order valence-corrected chi connectivity index (χ2v) is 24.7. The minimum atomic E-state index is 0.369. The van der Waals surface area contributed by atoms with Crippen LogP contribution in [0.5, 0.6) is 0 Å². The average molecular weight is 1430 g/mol. The molecule has 8 rings (SSSR count). The largest absolute Gasteiger partial charge is 0.306 e. The van der Waals surface area contributed by atoms with Gasteiger partial charge < -0.3 is 4.90 Å². The number of hydrogen-bond acceptors (Lipinski definition) is 17. The van der Waals surface area contributed by atoms with Crippen LogP contribution in [0.4, 0.5) is 0 Å². The van der Waals surface area contributed by atoms with E-state index in [1.807, 2.05) is 250 Å². The van der Waals surface area contributed by atoms with Crippen molar-refractivity contribution in [3.8, 4) is 0 Å². The average Bonchev–Trinajstić information content (AvgIpc) is 0.994. The summed E-state index contributed by atoms with van der Waals surface area (Å²) in [5.41, 5.74) is 33.1. The zero-order valence-corrected chi connectivity index (χ0v) is 61.7. The van der Waals surface area contributed by atoms with Crippen LogP contribution < -0.4 is 43.8 Å². The molecule has 0 aliphatic carbocycles. The number of rotatable bonds is 28. The van der Waals surface area contributed by atoms with E-state index in [1.54, 1.807) is 0 Å². The fourth-order valence-corrected chi connectivity index (χ4v) is 9.78. The molecule has 0 fully saturated rings. The normalized spacial score (nSPS) is 12.2. The smallest absolute Gasteiger partial charge is 0.152 e. The Morgan fingerprint density at radius 3 is 0.495 bits per heavy atom. The Morgan fingerprint density at radius 2 is 0.343 bits per heavy atom. The van der Waals surface area contributed by atoms with Crippen molar-refractivity contribution < 1.29 is 41.7 Å². The van der Waals surface area contributed by atoms with E-state index in [4.69, 9.17) is 0 Å². The maximum atomic E-state index is 9.34. The zero-order chi connectivity index (χ0) is 76.0. The molecule has 16 N–H and O–H groups in total. The van der Waals surface area contributed by atoms with Crippen LogP contribution in [0.3, 0.4) is 0 Å². The summed E-state index contributed by atoms with van der Waals surface area (Å²) in [7, 11) is 2.07. The highest BCUT2D eigenvalue weighted by Crippen LogP contribution is 2.12. The van der Waals surface area contributed by atoms with E-state index in [2.05, 4.69) is 95.7 Å². The molecule has 8 aromatic carbocycles. The fraction of sp³-hybridized carbons (Fsp3) is 0.300. The van der Waals surface area contributed by atoms with Crippen molar-refractivity contribution >= 4 is 46.7 Å². The molecule has 0 amide bonds. The van der Waals surface area contributed by atoms with Crippen molar-refractivity contribution in [1.29, 1.82) is 0 Å². The predicted molar refractivity (Wildman–Crippen MR) is 421 cm³/mol. The van der Waals surface area contributed by atoms with Gasteiger partial charge in [0.2, 0.25) is 0 Å². The fourth-order valence-electron chi connectivity index (χ4n) is 9.78. The molecule has 0 aromatic heterocycles. The Kier molecular flexibility index (Phi) is 39.5. The summed E-state index contributed by atoms with van der Waals surface area (Å²) in [6.45, 7) is 22.1. The number of nitrogens with one attached hydrogen (secondary N) is 8. The first kappa shape index (κ1) is 84.8. The SMILES string of the molecule is Cc1ccc(C(=NCCCCN=C(NO)c2ccc(C)cc2)NO)cc1.Cc1ccc(C(=NCCCN(C)CCCN=C(NO)c2ccc(C)cc2)NO)cc1.Cc1ccc(C(=NCCCN=C(NO)c2ccc(C)cc2)NO)cc1.Cc1ccc(C(=NCCN=C(NO)c2ccc(C)cc2)NO)cc1. The van der Waals surface area contributed by atoms with Gasteiger partial charge in [0.1, 0.15) is 0 Å². The van der Waals surface area contributed by atoms with Crippen LogP contribution in [-0.4, -0.2) is 166 Å². The Bertz CT molecular complexity index is 3780. The minimum Gasteiger partial charge on any atom is -0.306 e. The van der Waals surface area contributed by atoms with E-state index >= 15 is 0 Å². The van der Waals surface area contributed by atoms with E-state index in [-0.39, 0.29) is 0 Å². The summed E-state index contributed by atoms with van der Waals surface area (Å²) in [4.78, 5) is 37.2. The Hall–Kier alpha value is -10.8. The molecule has 0 heterocycles. The lowest BCUT2D eigenvalue weighted by atomic mass is 10.1. The Labute approximate surface area is 617 Å². The van der Waals surface area contributed by atoms with Gasteiger partial charge in [-0.05, 0) is 108 Å². The molecule has 0 radical (unpaired) electrons. The van der Waals surface area contributed by atoms with E-state index in [0.29, 0.717) is 105 Å². The van der Waals surface area contributed by atoms with Gasteiger partial charge >= 0.3 is 0 Å². The quantitative estimate of drug-likeness (QED) is 0.00937. The van der Waals surface area contributed by atoms with Crippen LogP contribution >= 0.6 is 0 Å². The molecule has 25 nitrogen and oxygen atoms in total. The van der Waals surface area contributed by atoms with Crippen molar-refractivity contribution in [1.82, 2.24) is 48.7 Å². The second kappa shape index (κ2) is 48.9. The third kappa shape index (κ3) is 32.2. The molecule has 0 aliphatic heterocycles. The predicted octanol–water partition coefficient (Wildman–Crippen LogP) is 11.7. The molecular weight excluding hydrogens is 1330 g/mol. The summed E-state index contributed by atoms with van der Waals surface area (Å²) in [6.07, 6.45) is 4.13. The molecular formula is C80H105N17O8. The molecule has 0 saturated carbocycles. The number of benzene rings is 8. The van der Waals surface area contributed by atoms with Gasteiger partial charge in [0.05, 0.1) is 13.1 Å². The minimum absolute atomic E-state index is 0.369. The van der Waals surface area contributed by atoms with Gasteiger partial charge in [-0.15, -0.1) is 0 Å². The number of hydroxylamine groups is 8. The third-order valence-electron chi connectivity index (χ3n) is 16.0. The number of aryl methyl sites for hydroxylation is 8.